The molecule has 2 fully saturated rings. The molecule has 2 aromatic rings. The number of aromatic nitrogens is 1. The maximum absolute atomic E-state index is 13.0. The molecule has 0 unspecified atom stereocenters. The Kier molecular flexibility index (Phi) is 5.18. The molecule has 1 aromatic carbocycles. The van der Waals surface area contributed by atoms with Crippen LogP contribution in [0.2, 0.25) is 0 Å². The number of hydrogen-bond acceptors (Lipinski definition) is 4. The number of nitrogens with zero attached hydrogens (tertiary/aromatic N) is 2. The molecule has 1 spiro atoms. The van der Waals surface area contributed by atoms with Crippen LogP contribution in [0, 0.1) is 11.7 Å². The summed E-state index contributed by atoms with van der Waals surface area (Å²) in [5.41, 5.74) is 1.61. The maximum Gasteiger partial charge on any atom is 0.227 e. The Labute approximate surface area is 158 Å². The fourth-order valence-corrected chi connectivity index (χ4v) is 3.84. The van der Waals surface area contributed by atoms with Crippen LogP contribution in [0.5, 0.6) is 0 Å². The van der Waals surface area contributed by atoms with Gasteiger partial charge >= 0.3 is 0 Å². The van der Waals surface area contributed by atoms with Crippen LogP contribution in [0.15, 0.2) is 48.8 Å². The lowest BCUT2D eigenvalue weighted by Gasteiger charge is -2.50. The van der Waals surface area contributed by atoms with Crippen molar-refractivity contribution in [3.05, 3.63) is 65.7 Å². The Bertz CT molecular complexity index is 776. The minimum atomic E-state index is -0.289. The second-order valence-corrected chi connectivity index (χ2v) is 7.33. The molecule has 4 rings (SSSR count). The second kappa shape index (κ2) is 7.74. The highest BCUT2D eigenvalue weighted by molar-refractivity contribution is 5.80. The molecule has 1 amide bonds. The molecule has 0 radical (unpaired) electrons. The number of benzene rings is 1. The highest BCUT2D eigenvalue weighted by Crippen LogP contribution is 2.40. The predicted octanol–water partition coefficient (Wildman–Crippen LogP) is 2.60. The number of pyridine rings is 1. The first-order valence-corrected chi connectivity index (χ1v) is 9.27. The Morgan fingerprint density at radius 3 is 2.81 bits per heavy atom. The molecule has 27 heavy (non-hydrogen) atoms. The van der Waals surface area contributed by atoms with Gasteiger partial charge in [-0.1, -0.05) is 18.2 Å². The third kappa shape index (κ3) is 4.01. The summed E-state index contributed by atoms with van der Waals surface area (Å²) in [6, 6.07) is 9.97. The summed E-state index contributed by atoms with van der Waals surface area (Å²) in [5, 5.41) is 0. The number of ether oxygens (including phenoxy) is 2. The van der Waals surface area contributed by atoms with E-state index in [0.717, 1.165) is 17.5 Å². The van der Waals surface area contributed by atoms with Crippen LogP contribution < -0.4 is 0 Å². The van der Waals surface area contributed by atoms with Gasteiger partial charge in [-0.25, -0.2) is 4.39 Å². The summed E-state index contributed by atoms with van der Waals surface area (Å²) in [5.74, 6) is 0.0596. The van der Waals surface area contributed by atoms with Gasteiger partial charge in [-0.15, -0.1) is 0 Å². The van der Waals surface area contributed by atoms with Crippen molar-refractivity contribution in [3.63, 3.8) is 0 Å². The van der Waals surface area contributed by atoms with Crippen molar-refractivity contribution >= 4 is 5.91 Å². The van der Waals surface area contributed by atoms with E-state index in [0.29, 0.717) is 45.2 Å². The van der Waals surface area contributed by atoms with Gasteiger partial charge in [0.05, 0.1) is 32.7 Å². The predicted molar refractivity (Wildman–Crippen MR) is 97.4 cm³/mol. The van der Waals surface area contributed by atoms with Crippen LogP contribution in [0.1, 0.15) is 17.5 Å². The van der Waals surface area contributed by atoms with E-state index in [2.05, 4.69) is 4.98 Å². The number of hydrogen-bond donors (Lipinski definition) is 0. The Hall–Kier alpha value is -2.31. The van der Waals surface area contributed by atoms with Crippen molar-refractivity contribution < 1.29 is 18.7 Å². The first-order valence-electron chi connectivity index (χ1n) is 9.27. The lowest BCUT2D eigenvalue weighted by molar-refractivity contribution is -0.168. The SMILES string of the molecule is O=C(Cc1ccc(F)cc1)N1CC2(C1)OCC[C@H]2COCc1cccnc1. The highest BCUT2D eigenvalue weighted by Gasteiger charge is 2.54. The minimum Gasteiger partial charge on any atom is -0.376 e. The number of carbonyl (C=O) groups is 1. The lowest BCUT2D eigenvalue weighted by Crippen LogP contribution is -2.66. The monoisotopic (exact) mass is 370 g/mol. The second-order valence-electron chi connectivity index (χ2n) is 7.33. The van der Waals surface area contributed by atoms with Crippen molar-refractivity contribution in [2.24, 2.45) is 5.92 Å². The largest absolute Gasteiger partial charge is 0.376 e. The average Bonchev–Trinajstić information content (AvgIpc) is 3.07. The lowest BCUT2D eigenvalue weighted by atomic mass is 9.81. The number of halogens is 1. The molecule has 5 nitrogen and oxygen atoms in total. The molecule has 2 aliphatic heterocycles. The Balaban J connectivity index is 1.27. The summed E-state index contributed by atoms with van der Waals surface area (Å²) in [6.07, 6.45) is 4.79. The van der Waals surface area contributed by atoms with E-state index < -0.39 is 0 Å². The van der Waals surface area contributed by atoms with E-state index in [1.807, 2.05) is 17.0 Å². The van der Waals surface area contributed by atoms with Gasteiger partial charge in [0.15, 0.2) is 0 Å². The number of rotatable bonds is 6. The van der Waals surface area contributed by atoms with Crippen molar-refractivity contribution in [3.8, 4) is 0 Å². The summed E-state index contributed by atoms with van der Waals surface area (Å²) in [4.78, 5) is 18.4. The van der Waals surface area contributed by atoms with E-state index in [1.165, 1.54) is 12.1 Å². The van der Waals surface area contributed by atoms with Gasteiger partial charge in [0.1, 0.15) is 11.4 Å². The molecule has 1 aromatic heterocycles. The summed E-state index contributed by atoms with van der Waals surface area (Å²) < 4.78 is 24.9. The number of carbonyl (C=O) groups excluding carboxylic acids is 1. The molecule has 0 bridgehead atoms. The van der Waals surface area contributed by atoms with E-state index in [4.69, 9.17) is 9.47 Å². The minimum absolute atomic E-state index is 0.0535. The molecule has 2 saturated heterocycles. The summed E-state index contributed by atoms with van der Waals surface area (Å²) in [7, 11) is 0. The van der Waals surface area contributed by atoms with Crippen LogP contribution in [-0.2, 0) is 27.3 Å². The van der Waals surface area contributed by atoms with Crippen molar-refractivity contribution in [1.29, 1.82) is 0 Å². The van der Waals surface area contributed by atoms with Gasteiger partial charge in [-0.3, -0.25) is 9.78 Å². The smallest absolute Gasteiger partial charge is 0.227 e. The third-order valence-corrected chi connectivity index (χ3v) is 5.45. The van der Waals surface area contributed by atoms with Crippen LogP contribution in [0.25, 0.3) is 0 Å². The first-order chi connectivity index (χ1) is 13.1. The molecular formula is C21H23FN2O3. The van der Waals surface area contributed by atoms with Crippen molar-refractivity contribution in [1.82, 2.24) is 9.88 Å². The maximum atomic E-state index is 13.0. The van der Waals surface area contributed by atoms with E-state index in [9.17, 15) is 9.18 Å². The summed E-state index contributed by atoms with van der Waals surface area (Å²) in [6.45, 7) is 3.07. The van der Waals surface area contributed by atoms with E-state index in [1.54, 1.807) is 24.5 Å². The number of likely N-dealkylation sites (tertiary alicyclic amines) is 1. The molecule has 0 saturated carbocycles. The fraction of sp³-hybridized carbons (Fsp3) is 0.429. The van der Waals surface area contributed by atoms with E-state index >= 15 is 0 Å². The molecule has 142 valence electrons. The van der Waals surface area contributed by atoms with Crippen LogP contribution in [0.3, 0.4) is 0 Å². The van der Waals surface area contributed by atoms with Crippen LogP contribution >= 0.6 is 0 Å². The van der Waals surface area contributed by atoms with Gasteiger partial charge in [-0.05, 0) is 35.7 Å². The third-order valence-electron chi connectivity index (χ3n) is 5.45. The first kappa shape index (κ1) is 18.1. The van der Waals surface area contributed by atoms with Gasteiger partial charge in [-0.2, -0.15) is 0 Å². The zero-order valence-corrected chi connectivity index (χ0v) is 15.1. The summed E-state index contributed by atoms with van der Waals surface area (Å²) >= 11 is 0. The van der Waals surface area contributed by atoms with Gasteiger partial charge in [0.25, 0.3) is 0 Å². The molecule has 6 heteroatoms. The van der Waals surface area contributed by atoms with E-state index in [-0.39, 0.29) is 17.3 Å². The zero-order chi connectivity index (χ0) is 18.7. The molecule has 0 N–H and O–H groups in total. The Morgan fingerprint density at radius 1 is 1.26 bits per heavy atom. The topological polar surface area (TPSA) is 51.7 Å². The average molecular weight is 370 g/mol. The molecule has 3 heterocycles. The van der Waals surface area contributed by atoms with Crippen molar-refractivity contribution in [2.75, 3.05) is 26.3 Å². The quantitative estimate of drug-likeness (QED) is 0.784. The molecular weight excluding hydrogens is 347 g/mol. The Morgan fingerprint density at radius 2 is 2.07 bits per heavy atom. The zero-order valence-electron chi connectivity index (χ0n) is 15.1. The van der Waals surface area contributed by atoms with Crippen LogP contribution in [-0.4, -0.2) is 47.7 Å². The molecule has 1 atom stereocenters. The fourth-order valence-electron chi connectivity index (χ4n) is 3.84. The standard InChI is InChI=1S/C21H23FN2O3/c22-19-5-3-16(4-6-19)10-20(25)24-14-21(15-24)18(7-9-27-21)13-26-12-17-2-1-8-23-11-17/h1-6,8,11,18H,7,9-10,12-15H2/t18-/m0/s1. The highest BCUT2D eigenvalue weighted by atomic mass is 19.1. The van der Waals surface area contributed by atoms with Crippen molar-refractivity contribution in [2.45, 2.75) is 25.0 Å². The molecule has 2 aliphatic rings. The van der Waals surface area contributed by atoms with Crippen LogP contribution in [0.4, 0.5) is 4.39 Å². The van der Waals surface area contributed by atoms with Gasteiger partial charge in [0, 0.05) is 24.9 Å². The molecule has 0 aliphatic carbocycles. The van der Waals surface area contributed by atoms with Gasteiger partial charge in [0.2, 0.25) is 5.91 Å². The normalized spacial score (nSPS) is 20.6. The van der Waals surface area contributed by atoms with Gasteiger partial charge < -0.3 is 14.4 Å². The number of amides is 1.